The van der Waals surface area contributed by atoms with E-state index in [1.54, 1.807) is 31.4 Å². The van der Waals surface area contributed by atoms with E-state index in [9.17, 15) is 9.59 Å². The van der Waals surface area contributed by atoms with Crippen molar-refractivity contribution in [3.05, 3.63) is 69.9 Å². The molecule has 6 nitrogen and oxygen atoms in total. The quantitative estimate of drug-likeness (QED) is 0.517. The van der Waals surface area contributed by atoms with E-state index < -0.39 is 0 Å². The van der Waals surface area contributed by atoms with Crippen LogP contribution in [0.3, 0.4) is 0 Å². The Hall–Kier alpha value is -3.32. The number of benzene rings is 2. The summed E-state index contributed by atoms with van der Waals surface area (Å²) in [6.07, 6.45) is 3.75. The first-order valence-electron chi connectivity index (χ1n) is 10.8. The predicted octanol–water partition coefficient (Wildman–Crippen LogP) is 5.56. The van der Waals surface area contributed by atoms with Crippen LogP contribution in [0.2, 0.25) is 0 Å². The molecular weight excluding hydrogens is 422 g/mol. The highest BCUT2D eigenvalue weighted by molar-refractivity contribution is 7.16. The van der Waals surface area contributed by atoms with Crippen LogP contribution < -0.4 is 20.3 Å². The SMILES string of the molecule is COc1ccc(NC(=O)c2ccc(C(=O)Nc3ccc(N4CCCCC4)cc3)s2)c(C)c1. The van der Waals surface area contributed by atoms with E-state index in [0.29, 0.717) is 15.4 Å². The number of thiophene rings is 1. The Kier molecular flexibility index (Phi) is 6.75. The molecule has 2 heterocycles. The summed E-state index contributed by atoms with van der Waals surface area (Å²) >= 11 is 1.17. The summed E-state index contributed by atoms with van der Waals surface area (Å²) in [6.45, 7) is 4.07. The van der Waals surface area contributed by atoms with Crippen molar-refractivity contribution < 1.29 is 14.3 Å². The molecule has 0 unspecified atom stereocenters. The average Bonchev–Trinajstić information content (AvgIpc) is 3.32. The number of carbonyl (C=O) groups is 2. The second kappa shape index (κ2) is 9.87. The van der Waals surface area contributed by atoms with E-state index >= 15 is 0 Å². The van der Waals surface area contributed by atoms with Gasteiger partial charge < -0.3 is 20.3 Å². The van der Waals surface area contributed by atoms with Gasteiger partial charge in [-0.05, 0) is 86.3 Å². The summed E-state index contributed by atoms with van der Waals surface area (Å²) < 4.78 is 5.20. The molecule has 0 atom stereocenters. The van der Waals surface area contributed by atoms with Gasteiger partial charge in [-0.2, -0.15) is 0 Å². The van der Waals surface area contributed by atoms with E-state index in [4.69, 9.17) is 4.74 Å². The van der Waals surface area contributed by atoms with Gasteiger partial charge in [0.15, 0.2) is 0 Å². The third-order valence-corrected chi connectivity index (χ3v) is 6.66. The van der Waals surface area contributed by atoms with Crippen molar-refractivity contribution in [3.8, 4) is 5.75 Å². The fourth-order valence-electron chi connectivity index (χ4n) is 3.77. The summed E-state index contributed by atoms with van der Waals surface area (Å²) in [6, 6.07) is 16.8. The van der Waals surface area contributed by atoms with Crippen LogP contribution in [0.4, 0.5) is 17.1 Å². The number of anilines is 3. The topological polar surface area (TPSA) is 70.7 Å². The third kappa shape index (κ3) is 5.11. The standard InChI is InChI=1S/C25H27N3O3S/c1-17-16-20(31-2)10-11-21(17)27-25(30)23-13-12-22(32-23)24(29)26-18-6-8-19(9-7-18)28-14-4-3-5-15-28/h6-13,16H,3-5,14-15H2,1-2H3,(H,26,29)(H,27,30). The van der Waals surface area contributed by atoms with Crippen LogP contribution in [0.15, 0.2) is 54.6 Å². The van der Waals surface area contributed by atoms with Crippen LogP contribution in [-0.2, 0) is 0 Å². The van der Waals surface area contributed by atoms with Gasteiger partial charge in [0.25, 0.3) is 11.8 Å². The Labute approximate surface area is 192 Å². The maximum Gasteiger partial charge on any atom is 0.265 e. The van der Waals surface area contributed by atoms with Crippen LogP contribution >= 0.6 is 11.3 Å². The molecule has 166 valence electrons. The Morgan fingerprint density at radius 1 is 0.875 bits per heavy atom. The maximum atomic E-state index is 12.7. The van der Waals surface area contributed by atoms with Gasteiger partial charge in [0.1, 0.15) is 5.75 Å². The lowest BCUT2D eigenvalue weighted by Gasteiger charge is -2.28. The Balaban J connectivity index is 1.37. The second-order valence-electron chi connectivity index (χ2n) is 7.85. The molecule has 2 aromatic carbocycles. The summed E-state index contributed by atoms with van der Waals surface area (Å²) in [5, 5.41) is 5.82. The lowest BCUT2D eigenvalue weighted by Crippen LogP contribution is -2.29. The normalized spacial score (nSPS) is 13.5. The molecule has 0 spiro atoms. The van der Waals surface area contributed by atoms with E-state index in [1.165, 1.54) is 36.3 Å². The number of carbonyl (C=O) groups excluding carboxylic acids is 2. The molecule has 2 N–H and O–H groups in total. The fraction of sp³-hybridized carbons (Fsp3) is 0.280. The molecule has 3 aromatic rings. The number of piperidine rings is 1. The van der Waals surface area contributed by atoms with Crippen molar-refractivity contribution in [2.75, 3.05) is 35.7 Å². The minimum atomic E-state index is -0.242. The zero-order valence-corrected chi connectivity index (χ0v) is 19.1. The molecule has 1 aliphatic rings. The number of rotatable bonds is 6. The lowest BCUT2D eigenvalue weighted by molar-refractivity contribution is 0.102. The zero-order valence-electron chi connectivity index (χ0n) is 18.3. The minimum Gasteiger partial charge on any atom is -0.497 e. The van der Waals surface area contributed by atoms with Crippen LogP contribution in [0.25, 0.3) is 0 Å². The van der Waals surface area contributed by atoms with E-state index in [0.717, 1.165) is 30.1 Å². The zero-order chi connectivity index (χ0) is 22.5. The number of hydrogen-bond donors (Lipinski definition) is 2. The van der Waals surface area contributed by atoms with Crippen molar-refractivity contribution in [1.82, 2.24) is 0 Å². The largest absolute Gasteiger partial charge is 0.497 e. The smallest absolute Gasteiger partial charge is 0.265 e. The first-order chi connectivity index (χ1) is 15.5. The van der Waals surface area contributed by atoms with Crippen LogP contribution in [0.1, 0.15) is 44.2 Å². The van der Waals surface area contributed by atoms with Crippen molar-refractivity contribution in [2.45, 2.75) is 26.2 Å². The summed E-state index contributed by atoms with van der Waals surface area (Å²) in [4.78, 5) is 28.6. The second-order valence-corrected chi connectivity index (χ2v) is 8.93. The highest BCUT2D eigenvalue weighted by atomic mass is 32.1. The molecule has 2 amide bonds. The number of hydrogen-bond acceptors (Lipinski definition) is 5. The third-order valence-electron chi connectivity index (χ3n) is 5.58. The van der Waals surface area contributed by atoms with Gasteiger partial charge in [-0.25, -0.2) is 0 Å². The molecule has 1 saturated heterocycles. The number of nitrogens with one attached hydrogen (secondary N) is 2. The highest BCUT2D eigenvalue weighted by Crippen LogP contribution is 2.25. The maximum absolute atomic E-state index is 12.7. The molecule has 0 aliphatic carbocycles. The molecule has 1 fully saturated rings. The molecule has 0 radical (unpaired) electrons. The first kappa shape index (κ1) is 21.9. The van der Waals surface area contributed by atoms with Gasteiger partial charge in [0.2, 0.25) is 0 Å². The fourth-order valence-corrected chi connectivity index (χ4v) is 4.57. The number of aryl methyl sites for hydroxylation is 1. The molecule has 0 saturated carbocycles. The van der Waals surface area contributed by atoms with Gasteiger partial charge in [0.05, 0.1) is 16.9 Å². The minimum absolute atomic E-state index is 0.222. The number of amides is 2. The average molecular weight is 450 g/mol. The summed E-state index contributed by atoms with van der Waals surface area (Å²) in [5.41, 5.74) is 3.54. The van der Waals surface area contributed by atoms with E-state index in [1.807, 2.05) is 37.3 Å². The Morgan fingerprint density at radius 3 is 2.16 bits per heavy atom. The van der Waals surface area contributed by atoms with Crippen molar-refractivity contribution in [2.24, 2.45) is 0 Å². The molecule has 1 aliphatic heterocycles. The summed E-state index contributed by atoms with van der Waals surface area (Å²) in [5.74, 6) is 0.271. The highest BCUT2D eigenvalue weighted by Gasteiger charge is 2.16. The monoisotopic (exact) mass is 449 g/mol. The van der Waals surface area contributed by atoms with Crippen LogP contribution in [-0.4, -0.2) is 32.0 Å². The van der Waals surface area contributed by atoms with Gasteiger partial charge >= 0.3 is 0 Å². The van der Waals surface area contributed by atoms with Gasteiger partial charge in [-0.1, -0.05) is 0 Å². The molecule has 7 heteroatoms. The molecule has 32 heavy (non-hydrogen) atoms. The summed E-state index contributed by atoms with van der Waals surface area (Å²) in [7, 11) is 1.61. The lowest BCUT2D eigenvalue weighted by atomic mass is 10.1. The molecular formula is C25H27N3O3S. The van der Waals surface area contributed by atoms with Crippen LogP contribution in [0, 0.1) is 6.92 Å². The Bertz CT molecular complexity index is 1100. The number of nitrogens with zero attached hydrogens (tertiary/aromatic N) is 1. The van der Waals surface area contributed by atoms with Gasteiger partial charge in [-0.15, -0.1) is 11.3 Å². The van der Waals surface area contributed by atoms with Gasteiger partial charge in [0, 0.05) is 30.2 Å². The predicted molar refractivity (Wildman–Crippen MR) is 130 cm³/mol. The Morgan fingerprint density at radius 2 is 1.53 bits per heavy atom. The van der Waals surface area contributed by atoms with Crippen molar-refractivity contribution in [3.63, 3.8) is 0 Å². The number of methoxy groups -OCH3 is 1. The van der Waals surface area contributed by atoms with Crippen molar-refractivity contribution >= 4 is 40.2 Å². The molecule has 1 aromatic heterocycles. The number of ether oxygens (including phenoxy) is 1. The van der Waals surface area contributed by atoms with Crippen LogP contribution in [0.5, 0.6) is 5.75 Å². The van der Waals surface area contributed by atoms with Crippen molar-refractivity contribution in [1.29, 1.82) is 0 Å². The van der Waals surface area contributed by atoms with E-state index in [2.05, 4.69) is 15.5 Å². The molecule has 4 rings (SSSR count). The van der Waals surface area contributed by atoms with Gasteiger partial charge in [-0.3, -0.25) is 9.59 Å². The van der Waals surface area contributed by atoms with E-state index in [-0.39, 0.29) is 11.8 Å². The first-order valence-corrected chi connectivity index (χ1v) is 11.6. The molecule has 0 bridgehead atoms.